The first-order valence-electron chi connectivity index (χ1n) is 5.67. The predicted molar refractivity (Wildman–Crippen MR) is 66.1 cm³/mol. The van der Waals surface area contributed by atoms with Crippen molar-refractivity contribution in [3.8, 4) is 5.75 Å². The highest BCUT2D eigenvalue weighted by atomic mass is 16.5. The molecule has 94 valence electrons. The first kappa shape index (κ1) is 13.5. The highest BCUT2D eigenvalue weighted by molar-refractivity contribution is 5.66. The molecule has 1 atom stereocenters. The minimum atomic E-state index is -0.747. The number of carboxylic acids is 1. The molecule has 0 spiro atoms. The van der Waals surface area contributed by atoms with Crippen LogP contribution < -0.4 is 10.1 Å². The zero-order valence-corrected chi connectivity index (χ0v) is 10.3. The largest absolute Gasteiger partial charge is 0.497 e. The fourth-order valence-corrected chi connectivity index (χ4v) is 1.58. The SMILES string of the molecule is COc1ccc(CNCC(C)CC(=O)O)cc1. The molecule has 0 fully saturated rings. The van der Waals surface area contributed by atoms with Gasteiger partial charge < -0.3 is 15.2 Å². The van der Waals surface area contributed by atoms with E-state index in [1.165, 1.54) is 0 Å². The van der Waals surface area contributed by atoms with Crippen LogP contribution in [0.3, 0.4) is 0 Å². The van der Waals surface area contributed by atoms with Gasteiger partial charge in [0.25, 0.3) is 0 Å². The Balaban J connectivity index is 2.28. The van der Waals surface area contributed by atoms with Gasteiger partial charge >= 0.3 is 5.97 Å². The number of ether oxygens (including phenoxy) is 1. The number of nitrogens with one attached hydrogen (secondary N) is 1. The van der Waals surface area contributed by atoms with Crippen molar-refractivity contribution in [1.82, 2.24) is 5.32 Å². The minimum absolute atomic E-state index is 0.144. The molecule has 4 heteroatoms. The zero-order chi connectivity index (χ0) is 12.7. The molecule has 17 heavy (non-hydrogen) atoms. The van der Waals surface area contributed by atoms with Crippen LogP contribution in [0.5, 0.6) is 5.75 Å². The van der Waals surface area contributed by atoms with Gasteiger partial charge in [-0.1, -0.05) is 19.1 Å². The lowest BCUT2D eigenvalue weighted by Gasteiger charge is -2.10. The number of methoxy groups -OCH3 is 1. The number of benzene rings is 1. The molecule has 0 aliphatic rings. The van der Waals surface area contributed by atoms with Gasteiger partial charge in [-0.25, -0.2) is 0 Å². The van der Waals surface area contributed by atoms with Gasteiger partial charge in [0.1, 0.15) is 5.75 Å². The molecular weight excluding hydrogens is 218 g/mol. The van der Waals surface area contributed by atoms with E-state index >= 15 is 0 Å². The van der Waals surface area contributed by atoms with Crippen LogP contribution in [0.1, 0.15) is 18.9 Å². The third-order valence-corrected chi connectivity index (χ3v) is 2.50. The van der Waals surface area contributed by atoms with E-state index in [-0.39, 0.29) is 12.3 Å². The van der Waals surface area contributed by atoms with E-state index < -0.39 is 5.97 Å². The number of carboxylic acid groups (broad SMARTS) is 1. The summed E-state index contributed by atoms with van der Waals surface area (Å²) in [7, 11) is 1.64. The monoisotopic (exact) mass is 237 g/mol. The van der Waals surface area contributed by atoms with E-state index in [1.54, 1.807) is 7.11 Å². The summed E-state index contributed by atoms with van der Waals surface area (Å²) in [5.41, 5.74) is 1.16. The molecule has 2 N–H and O–H groups in total. The second-order valence-corrected chi connectivity index (χ2v) is 4.18. The maximum Gasteiger partial charge on any atom is 0.303 e. The van der Waals surface area contributed by atoms with Crippen molar-refractivity contribution in [2.75, 3.05) is 13.7 Å². The summed E-state index contributed by atoms with van der Waals surface area (Å²) < 4.78 is 5.07. The Hall–Kier alpha value is -1.55. The standard InChI is InChI=1S/C13H19NO3/c1-10(7-13(15)16)8-14-9-11-3-5-12(17-2)6-4-11/h3-6,10,14H,7-9H2,1-2H3,(H,15,16). The van der Waals surface area contributed by atoms with Crippen molar-refractivity contribution < 1.29 is 14.6 Å². The third kappa shape index (κ3) is 5.36. The molecule has 0 heterocycles. The average molecular weight is 237 g/mol. The van der Waals surface area contributed by atoms with Crippen molar-refractivity contribution in [1.29, 1.82) is 0 Å². The van der Waals surface area contributed by atoms with Gasteiger partial charge in [0.05, 0.1) is 7.11 Å². The van der Waals surface area contributed by atoms with Gasteiger partial charge in [-0.15, -0.1) is 0 Å². The number of aliphatic carboxylic acids is 1. The van der Waals surface area contributed by atoms with Crippen LogP contribution in [0.15, 0.2) is 24.3 Å². The Labute approximate surface area is 102 Å². The molecular formula is C13H19NO3. The molecule has 1 aromatic rings. The molecule has 0 saturated heterocycles. The first-order valence-corrected chi connectivity index (χ1v) is 5.67. The van der Waals surface area contributed by atoms with Gasteiger partial charge in [-0.3, -0.25) is 4.79 Å². The maximum atomic E-state index is 10.5. The summed E-state index contributed by atoms with van der Waals surface area (Å²) in [5, 5.41) is 11.9. The fourth-order valence-electron chi connectivity index (χ4n) is 1.58. The molecule has 0 radical (unpaired) electrons. The van der Waals surface area contributed by atoms with Gasteiger partial charge in [0.2, 0.25) is 0 Å². The van der Waals surface area contributed by atoms with Gasteiger partial charge in [-0.05, 0) is 30.2 Å². The van der Waals surface area contributed by atoms with E-state index in [0.717, 1.165) is 17.9 Å². The van der Waals surface area contributed by atoms with Gasteiger partial charge in [-0.2, -0.15) is 0 Å². The summed E-state index contributed by atoms with van der Waals surface area (Å²) in [6, 6.07) is 7.82. The van der Waals surface area contributed by atoms with Crippen molar-refractivity contribution in [2.24, 2.45) is 5.92 Å². The van der Waals surface area contributed by atoms with Crippen molar-refractivity contribution >= 4 is 5.97 Å². The van der Waals surface area contributed by atoms with E-state index in [1.807, 2.05) is 31.2 Å². The molecule has 1 aromatic carbocycles. The highest BCUT2D eigenvalue weighted by Gasteiger charge is 2.06. The number of hydrogen-bond acceptors (Lipinski definition) is 3. The summed E-state index contributed by atoms with van der Waals surface area (Å²) in [6.07, 6.45) is 0.204. The quantitative estimate of drug-likeness (QED) is 0.760. The molecule has 4 nitrogen and oxygen atoms in total. The van der Waals surface area contributed by atoms with Crippen LogP contribution in [0.25, 0.3) is 0 Å². The summed E-state index contributed by atoms with van der Waals surface area (Å²) in [5.74, 6) is 0.238. The first-order chi connectivity index (χ1) is 8.11. The molecule has 0 saturated carbocycles. The number of hydrogen-bond donors (Lipinski definition) is 2. The second kappa shape index (κ2) is 6.91. The van der Waals surface area contributed by atoms with Crippen molar-refractivity contribution in [3.63, 3.8) is 0 Å². The second-order valence-electron chi connectivity index (χ2n) is 4.18. The topological polar surface area (TPSA) is 58.6 Å². The van der Waals surface area contributed by atoms with Gasteiger partial charge in [0, 0.05) is 13.0 Å². The Bertz CT molecular complexity index is 348. The predicted octanol–water partition coefficient (Wildman–Crippen LogP) is 1.90. The normalized spacial score (nSPS) is 12.1. The lowest BCUT2D eigenvalue weighted by molar-refractivity contribution is -0.137. The fraction of sp³-hybridized carbons (Fsp3) is 0.462. The molecule has 0 amide bonds. The van der Waals surface area contributed by atoms with E-state index in [2.05, 4.69) is 5.32 Å². The molecule has 1 rings (SSSR count). The van der Waals surface area contributed by atoms with Crippen LogP contribution in [-0.2, 0) is 11.3 Å². The zero-order valence-electron chi connectivity index (χ0n) is 10.3. The Kier molecular flexibility index (Phi) is 5.49. The lowest BCUT2D eigenvalue weighted by Crippen LogP contribution is -2.22. The molecule has 0 aliphatic carbocycles. The van der Waals surface area contributed by atoms with Gasteiger partial charge in [0.15, 0.2) is 0 Å². The lowest BCUT2D eigenvalue weighted by atomic mass is 10.1. The van der Waals surface area contributed by atoms with Crippen LogP contribution in [-0.4, -0.2) is 24.7 Å². The van der Waals surface area contributed by atoms with Crippen LogP contribution in [0.4, 0.5) is 0 Å². The van der Waals surface area contributed by atoms with Crippen LogP contribution in [0.2, 0.25) is 0 Å². The maximum absolute atomic E-state index is 10.5. The summed E-state index contributed by atoms with van der Waals surface area (Å²) >= 11 is 0. The molecule has 0 aromatic heterocycles. The van der Waals surface area contributed by atoms with E-state index in [4.69, 9.17) is 9.84 Å². The molecule has 0 aliphatic heterocycles. The smallest absolute Gasteiger partial charge is 0.303 e. The molecule has 0 bridgehead atoms. The average Bonchev–Trinajstić information content (AvgIpc) is 2.29. The summed E-state index contributed by atoms with van der Waals surface area (Å²) in [6.45, 7) is 3.38. The van der Waals surface area contributed by atoms with E-state index in [0.29, 0.717) is 6.54 Å². The Morgan fingerprint density at radius 3 is 2.59 bits per heavy atom. The Morgan fingerprint density at radius 1 is 1.41 bits per heavy atom. The van der Waals surface area contributed by atoms with Crippen LogP contribution in [0, 0.1) is 5.92 Å². The Morgan fingerprint density at radius 2 is 2.06 bits per heavy atom. The number of carbonyl (C=O) groups is 1. The highest BCUT2D eigenvalue weighted by Crippen LogP contribution is 2.11. The van der Waals surface area contributed by atoms with Crippen molar-refractivity contribution in [3.05, 3.63) is 29.8 Å². The minimum Gasteiger partial charge on any atom is -0.497 e. The van der Waals surface area contributed by atoms with E-state index in [9.17, 15) is 4.79 Å². The van der Waals surface area contributed by atoms with Crippen LogP contribution >= 0.6 is 0 Å². The number of rotatable bonds is 7. The third-order valence-electron chi connectivity index (χ3n) is 2.50. The van der Waals surface area contributed by atoms with Crippen molar-refractivity contribution in [2.45, 2.75) is 19.9 Å². The molecule has 1 unspecified atom stereocenters. The summed E-state index contributed by atoms with van der Waals surface area (Å²) in [4.78, 5) is 10.5.